The summed E-state index contributed by atoms with van der Waals surface area (Å²) >= 11 is 5.80. The molecule has 5 heteroatoms. The van der Waals surface area contributed by atoms with Gasteiger partial charge in [0.1, 0.15) is 5.75 Å². The number of benzene rings is 2. The summed E-state index contributed by atoms with van der Waals surface area (Å²) in [7, 11) is 0. The third-order valence-corrected chi connectivity index (χ3v) is 3.64. The van der Waals surface area contributed by atoms with Crippen LogP contribution in [0, 0.1) is 0 Å². The molecule has 0 atom stereocenters. The molecule has 0 spiro atoms. The molecule has 0 aliphatic heterocycles. The molecular weight excluding hydrogens is 324 g/mol. The summed E-state index contributed by atoms with van der Waals surface area (Å²) in [5, 5.41) is 4.54. The number of hydrogen-bond donors (Lipinski definition) is 1. The fraction of sp³-hybridized carbons (Fsp3) is 0.263. The Kier molecular flexibility index (Phi) is 7.30. The van der Waals surface area contributed by atoms with E-state index in [2.05, 4.69) is 17.5 Å². The number of ether oxygens (including phenoxy) is 1. The van der Waals surface area contributed by atoms with Crippen LogP contribution in [0.25, 0.3) is 0 Å². The zero-order chi connectivity index (χ0) is 17.2. The van der Waals surface area contributed by atoms with Gasteiger partial charge in [0.15, 0.2) is 6.61 Å². The summed E-state index contributed by atoms with van der Waals surface area (Å²) in [6.07, 6.45) is 4.97. The number of carbonyl (C=O) groups excluding carboxylic acids is 1. The van der Waals surface area contributed by atoms with Crippen LogP contribution in [-0.4, -0.2) is 18.7 Å². The molecule has 4 nitrogen and oxygen atoms in total. The SMILES string of the molecule is CCCCc1ccc(OCC(=O)N/N=C/c2ccc(Cl)cc2)cc1. The van der Waals surface area contributed by atoms with Crippen molar-refractivity contribution in [2.24, 2.45) is 5.10 Å². The van der Waals surface area contributed by atoms with Crippen LogP contribution in [0.1, 0.15) is 30.9 Å². The van der Waals surface area contributed by atoms with Gasteiger partial charge in [-0.05, 0) is 48.2 Å². The highest BCUT2D eigenvalue weighted by molar-refractivity contribution is 6.30. The Balaban J connectivity index is 1.73. The lowest BCUT2D eigenvalue weighted by Crippen LogP contribution is -2.24. The Morgan fingerprint density at radius 2 is 1.88 bits per heavy atom. The van der Waals surface area contributed by atoms with Gasteiger partial charge in [-0.1, -0.05) is 49.2 Å². The van der Waals surface area contributed by atoms with Crippen molar-refractivity contribution in [2.75, 3.05) is 6.61 Å². The molecule has 0 bridgehead atoms. The molecule has 1 amide bonds. The van der Waals surface area contributed by atoms with Crippen molar-refractivity contribution in [3.05, 3.63) is 64.7 Å². The first-order valence-corrected chi connectivity index (χ1v) is 8.34. The van der Waals surface area contributed by atoms with Crippen molar-refractivity contribution in [2.45, 2.75) is 26.2 Å². The molecule has 1 N–H and O–H groups in total. The zero-order valence-corrected chi connectivity index (χ0v) is 14.4. The summed E-state index contributed by atoms with van der Waals surface area (Å²) in [5.41, 5.74) is 4.56. The van der Waals surface area contributed by atoms with E-state index in [1.54, 1.807) is 18.3 Å². The molecular formula is C19H21ClN2O2. The van der Waals surface area contributed by atoms with E-state index in [0.717, 1.165) is 12.0 Å². The van der Waals surface area contributed by atoms with Crippen molar-refractivity contribution in [3.63, 3.8) is 0 Å². The third kappa shape index (κ3) is 6.42. The Hall–Kier alpha value is -2.33. The minimum Gasteiger partial charge on any atom is -0.484 e. The zero-order valence-electron chi connectivity index (χ0n) is 13.7. The topological polar surface area (TPSA) is 50.7 Å². The van der Waals surface area contributed by atoms with E-state index in [1.165, 1.54) is 18.4 Å². The van der Waals surface area contributed by atoms with Gasteiger partial charge >= 0.3 is 0 Å². The van der Waals surface area contributed by atoms with E-state index in [1.807, 2.05) is 36.4 Å². The van der Waals surface area contributed by atoms with Crippen LogP contribution in [0.15, 0.2) is 53.6 Å². The average Bonchev–Trinajstić information content (AvgIpc) is 2.61. The molecule has 0 aliphatic carbocycles. The number of nitrogens with zero attached hydrogens (tertiary/aromatic N) is 1. The molecule has 2 aromatic carbocycles. The molecule has 126 valence electrons. The lowest BCUT2D eigenvalue weighted by molar-refractivity contribution is -0.123. The molecule has 0 heterocycles. The average molecular weight is 345 g/mol. The van der Waals surface area contributed by atoms with Gasteiger partial charge in [-0.2, -0.15) is 5.10 Å². The van der Waals surface area contributed by atoms with E-state index in [0.29, 0.717) is 10.8 Å². The summed E-state index contributed by atoms with van der Waals surface area (Å²) in [6.45, 7) is 2.10. The van der Waals surface area contributed by atoms with Gasteiger partial charge in [-0.25, -0.2) is 5.43 Å². The van der Waals surface area contributed by atoms with Gasteiger partial charge in [0, 0.05) is 5.02 Å². The van der Waals surface area contributed by atoms with Crippen LogP contribution < -0.4 is 10.2 Å². The first kappa shape index (κ1) is 18.0. The summed E-state index contributed by atoms with van der Waals surface area (Å²) in [6, 6.07) is 15.0. The lowest BCUT2D eigenvalue weighted by Gasteiger charge is -2.06. The summed E-state index contributed by atoms with van der Waals surface area (Å²) in [4.78, 5) is 11.7. The van der Waals surface area contributed by atoms with Gasteiger partial charge in [-0.3, -0.25) is 4.79 Å². The second kappa shape index (κ2) is 9.73. The first-order valence-electron chi connectivity index (χ1n) is 7.96. The van der Waals surface area contributed by atoms with Gasteiger partial charge in [0.25, 0.3) is 5.91 Å². The molecule has 0 radical (unpaired) electrons. The van der Waals surface area contributed by atoms with E-state index in [-0.39, 0.29) is 12.5 Å². The number of hydrogen-bond acceptors (Lipinski definition) is 3. The van der Waals surface area contributed by atoms with E-state index in [4.69, 9.17) is 16.3 Å². The van der Waals surface area contributed by atoms with Crippen molar-refractivity contribution in [1.29, 1.82) is 0 Å². The van der Waals surface area contributed by atoms with Crippen molar-refractivity contribution < 1.29 is 9.53 Å². The number of amides is 1. The predicted molar refractivity (Wildman–Crippen MR) is 97.7 cm³/mol. The van der Waals surface area contributed by atoms with Crippen LogP contribution in [0.5, 0.6) is 5.75 Å². The predicted octanol–water partition coefficient (Wildman–Crippen LogP) is 4.21. The fourth-order valence-corrected chi connectivity index (χ4v) is 2.17. The standard InChI is InChI=1S/C19H21ClN2O2/c1-2-3-4-15-7-11-18(12-8-15)24-14-19(23)22-21-13-16-5-9-17(20)10-6-16/h5-13H,2-4,14H2,1H3,(H,22,23)/b21-13+. The fourth-order valence-electron chi connectivity index (χ4n) is 2.04. The highest BCUT2D eigenvalue weighted by Crippen LogP contribution is 2.13. The monoisotopic (exact) mass is 344 g/mol. The van der Waals surface area contributed by atoms with E-state index < -0.39 is 0 Å². The van der Waals surface area contributed by atoms with E-state index in [9.17, 15) is 4.79 Å². The third-order valence-electron chi connectivity index (χ3n) is 3.39. The molecule has 2 rings (SSSR count). The summed E-state index contributed by atoms with van der Waals surface area (Å²) in [5.74, 6) is 0.363. The maximum Gasteiger partial charge on any atom is 0.277 e. The van der Waals surface area contributed by atoms with Crippen molar-refractivity contribution in [3.8, 4) is 5.75 Å². The normalized spacial score (nSPS) is 10.8. The Bertz CT molecular complexity index is 667. The van der Waals surface area contributed by atoms with Gasteiger partial charge in [0.05, 0.1) is 6.21 Å². The second-order valence-corrected chi connectivity index (χ2v) is 5.82. The maximum absolute atomic E-state index is 11.7. The Morgan fingerprint density at radius 1 is 1.17 bits per heavy atom. The van der Waals surface area contributed by atoms with Crippen LogP contribution in [0.2, 0.25) is 5.02 Å². The highest BCUT2D eigenvalue weighted by atomic mass is 35.5. The minimum absolute atomic E-state index is 0.0771. The first-order chi connectivity index (χ1) is 11.7. The van der Waals surface area contributed by atoms with Crippen molar-refractivity contribution in [1.82, 2.24) is 5.43 Å². The van der Waals surface area contributed by atoms with Crippen LogP contribution in [0.4, 0.5) is 0 Å². The number of aryl methyl sites for hydroxylation is 1. The Morgan fingerprint density at radius 3 is 2.54 bits per heavy atom. The number of unbranched alkanes of at least 4 members (excludes halogenated alkanes) is 1. The summed E-state index contributed by atoms with van der Waals surface area (Å²) < 4.78 is 5.44. The molecule has 0 saturated carbocycles. The minimum atomic E-state index is -0.310. The largest absolute Gasteiger partial charge is 0.484 e. The molecule has 0 fully saturated rings. The lowest BCUT2D eigenvalue weighted by atomic mass is 10.1. The van der Waals surface area contributed by atoms with Gasteiger partial charge in [0.2, 0.25) is 0 Å². The molecule has 2 aromatic rings. The van der Waals surface area contributed by atoms with Crippen LogP contribution in [0.3, 0.4) is 0 Å². The highest BCUT2D eigenvalue weighted by Gasteiger charge is 2.01. The smallest absolute Gasteiger partial charge is 0.277 e. The molecule has 0 aliphatic rings. The number of halogens is 1. The molecule has 0 aromatic heterocycles. The number of nitrogens with one attached hydrogen (secondary N) is 1. The number of rotatable bonds is 8. The van der Waals surface area contributed by atoms with Crippen LogP contribution in [-0.2, 0) is 11.2 Å². The molecule has 0 saturated heterocycles. The number of carbonyl (C=O) groups is 1. The maximum atomic E-state index is 11.7. The van der Waals surface area contributed by atoms with Gasteiger partial charge in [-0.15, -0.1) is 0 Å². The van der Waals surface area contributed by atoms with Crippen LogP contribution >= 0.6 is 11.6 Å². The van der Waals surface area contributed by atoms with Gasteiger partial charge < -0.3 is 4.74 Å². The quantitative estimate of drug-likeness (QED) is 0.576. The molecule has 0 unspecified atom stereocenters. The number of hydrazone groups is 1. The Labute approximate surface area is 147 Å². The molecule has 24 heavy (non-hydrogen) atoms. The van der Waals surface area contributed by atoms with Crippen molar-refractivity contribution >= 4 is 23.7 Å². The second-order valence-electron chi connectivity index (χ2n) is 5.38. The van der Waals surface area contributed by atoms with E-state index >= 15 is 0 Å².